The monoisotopic (exact) mass is 305 g/mol. The van der Waals surface area contributed by atoms with Crippen molar-refractivity contribution in [1.82, 2.24) is 9.88 Å². The minimum atomic E-state index is -3.60. The Kier molecular flexibility index (Phi) is 4.40. The first-order valence-electron chi connectivity index (χ1n) is 6.31. The Morgan fingerprint density at radius 1 is 1.29 bits per heavy atom. The molecule has 1 N–H and O–H groups in total. The smallest absolute Gasteiger partial charge is 0.240 e. The van der Waals surface area contributed by atoms with Crippen LogP contribution in [0.3, 0.4) is 0 Å². The molecule has 1 heterocycles. The van der Waals surface area contributed by atoms with Crippen LogP contribution in [-0.4, -0.2) is 13.6 Å². The van der Waals surface area contributed by atoms with Gasteiger partial charge in [0.25, 0.3) is 0 Å². The van der Waals surface area contributed by atoms with Gasteiger partial charge in [0.15, 0.2) is 0 Å². The molecule has 7 heteroatoms. The van der Waals surface area contributed by atoms with Crippen LogP contribution in [0.15, 0.2) is 33.7 Å². The minimum Gasteiger partial charge on any atom is -0.361 e. The summed E-state index contributed by atoms with van der Waals surface area (Å²) >= 11 is 0. The Labute approximate surface area is 123 Å². The molecule has 0 unspecified atom stereocenters. The van der Waals surface area contributed by atoms with Crippen LogP contribution in [-0.2, 0) is 23.0 Å². The second-order valence-corrected chi connectivity index (χ2v) is 6.37. The van der Waals surface area contributed by atoms with E-state index in [1.807, 2.05) is 6.07 Å². The predicted molar refractivity (Wildman–Crippen MR) is 75.8 cm³/mol. The molecule has 0 saturated heterocycles. The summed E-state index contributed by atoms with van der Waals surface area (Å²) in [6.45, 7) is 3.63. The van der Waals surface area contributed by atoms with E-state index in [0.29, 0.717) is 11.5 Å². The van der Waals surface area contributed by atoms with Crippen LogP contribution < -0.4 is 4.72 Å². The van der Waals surface area contributed by atoms with Gasteiger partial charge in [-0.15, -0.1) is 0 Å². The zero-order chi connectivity index (χ0) is 15.5. The molecule has 0 radical (unpaired) electrons. The fourth-order valence-electron chi connectivity index (χ4n) is 1.88. The van der Waals surface area contributed by atoms with E-state index in [0.717, 1.165) is 11.1 Å². The predicted octanol–water partition coefficient (Wildman–Crippen LogP) is 1.84. The highest BCUT2D eigenvalue weighted by molar-refractivity contribution is 7.89. The van der Waals surface area contributed by atoms with Crippen molar-refractivity contribution in [1.29, 1.82) is 5.26 Å². The van der Waals surface area contributed by atoms with Gasteiger partial charge in [0.2, 0.25) is 10.0 Å². The molecule has 110 valence electrons. The molecule has 21 heavy (non-hydrogen) atoms. The van der Waals surface area contributed by atoms with Crippen molar-refractivity contribution in [3.8, 4) is 6.07 Å². The van der Waals surface area contributed by atoms with E-state index in [4.69, 9.17) is 9.78 Å². The summed E-state index contributed by atoms with van der Waals surface area (Å²) in [5.74, 6) is 0.597. The summed E-state index contributed by atoms with van der Waals surface area (Å²) in [4.78, 5) is 0.163. The number of sulfonamides is 1. The van der Waals surface area contributed by atoms with Crippen molar-refractivity contribution in [2.45, 2.75) is 31.7 Å². The van der Waals surface area contributed by atoms with Gasteiger partial charge in [0, 0.05) is 12.1 Å². The number of nitrogens with zero attached hydrogens (tertiary/aromatic N) is 2. The van der Waals surface area contributed by atoms with Crippen molar-refractivity contribution < 1.29 is 12.9 Å². The van der Waals surface area contributed by atoms with Crippen molar-refractivity contribution in [3.63, 3.8) is 0 Å². The Morgan fingerprint density at radius 2 is 1.95 bits per heavy atom. The zero-order valence-corrected chi connectivity index (χ0v) is 12.6. The summed E-state index contributed by atoms with van der Waals surface area (Å²) in [7, 11) is -3.60. The Balaban J connectivity index is 2.13. The molecular formula is C14H15N3O3S. The highest BCUT2D eigenvalue weighted by atomic mass is 32.2. The Hall–Kier alpha value is -2.17. The number of benzene rings is 1. The van der Waals surface area contributed by atoms with Gasteiger partial charge in [0.05, 0.1) is 23.1 Å². The average molecular weight is 305 g/mol. The van der Waals surface area contributed by atoms with Crippen molar-refractivity contribution >= 4 is 10.0 Å². The van der Waals surface area contributed by atoms with Gasteiger partial charge in [-0.05, 0) is 31.5 Å². The molecule has 0 spiro atoms. The largest absolute Gasteiger partial charge is 0.361 e. The fourth-order valence-corrected chi connectivity index (χ4v) is 2.88. The molecule has 0 aliphatic carbocycles. The van der Waals surface area contributed by atoms with Crippen LogP contribution in [0.25, 0.3) is 0 Å². The maximum atomic E-state index is 12.2. The molecule has 0 saturated carbocycles. The maximum Gasteiger partial charge on any atom is 0.240 e. The van der Waals surface area contributed by atoms with Gasteiger partial charge in [-0.2, -0.15) is 5.26 Å². The molecule has 0 aliphatic rings. The molecular weight excluding hydrogens is 290 g/mol. The van der Waals surface area contributed by atoms with E-state index >= 15 is 0 Å². The van der Waals surface area contributed by atoms with Gasteiger partial charge in [0.1, 0.15) is 5.76 Å². The first kappa shape index (κ1) is 15.2. The summed E-state index contributed by atoms with van der Waals surface area (Å²) in [5.41, 5.74) is 2.18. The molecule has 2 rings (SSSR count). The van der Waals surface area contributed by atoms with Gasteiger partial charge in [-0.1, -0.05) is 17.3 Å². The molecule has 0 atom stereocenters. The minimum absolute atomic E-state index is 0.128. The van der Waals surface area contributed by atoms with E-state index in [1.54, 1.807) is 26.0 Å². The lowest BCUT2D eigenvalue weighted by molar-refractivity contribution is 0.392. The van der Waals surface area contributed by atoms with Crippen molar-refractivity contribution in [2.75, 3.05) is 0 Å². The van der Waals surface area contributed by atoms with Crippen LogP contribution in [0.1, 0.15) is 22.6 Å². The lowest BCUT2D eigenvalue weighted by Gasteiger charge is -2.07. The number of nitrogens with one attached hydrogen (secondary N) is 1. The summed E-state index contributed by atoms with van der Waals surface area (Å²) in [6.07, 6.45) is 0.257. The number of nitriles is 1. The van der Waals surface area contributed by atoms with E-state index in [9.17, 15) is 8.42 Å². The number of rotatable bonds is 5. The van der Waals surface area contributed by atoms with Crippen LogP contribution in [0, 0.1) is 25.2 Å². The topological polar surface area (TPSA) is 96.0 Å². The first-order valence-corrected chi connectivity index (χ1v) is 7.79. The summed E-state index contributed by atoms with van der Waals surface area (Å²) < 4.78 is 31.9. The highest BCUT2D eigenvalue weighted by Gasteiger charge is 2.16. The third kappa shape index (κ3) is 3.48. The van der Waals surface area contributed by atoms with Crippen molar-refractivity contribution in [2.24, 2.45) is 0 Å². The number of hydrogen-bond donors (Lipinski definition) is 1. The second kappa shape index (κ2) is 6.08. The quantitative estimate of drug-likeness (QED) is 0.909. The average Bonchev–Trinajstić information content (AvgIpc) is 2.77. The third-order valence-corrected chi connectivity index (χ3v) is 4.55. The van der Waals surface area contributed by atoms with Crippen LogP contribution >= 0.6 is 0 Å². The van der Waals surface area contributed by atoms with E-state index in [1.165, 1.54) is 12.1 Å². The number of aryl methyl sites for hydroxylation is 2. The highest BCUT2D eigenvalue weighted by Crippen LogP contribution is 2.15. The van der Waals surface area contributed by atoms with Gasteiger partial charge in [-0.25, -0.2) is 13.1 Å². The van der Waals surface area contributed by atoms with Crippen LogP contribution in [0.5, 0.6) is 0 Å². The van der Waals surface area contributed by atoms with Crippen LogP contribution in [0.2, 0.25) is 0 Å². The summed E-state index contributed by atoms with van der Waals surface area (Å²) in [5, 5.41) is 12.4. The van der Waals surface area contributed by atoms with E-state index in [-0.39, 0.29) is 17.9 Å². The van der Waals surface area contributed by atoms with E-state index < -0.39 is 10.0 Å². The zero-order valence-electron chi connectivity index (χ0n) is 11.8. The molecule has 0 bridgehead atoms. The molecule has 2 aromatic rings. The Bertz CT molecular complexity index is 751. The number of hydrogen-bond acceptors (Lipinski definition) is 5. The van der Waals surface area contributed by atoms with Gasteiger partial charge >= 0.3 is 0 Å². The van der Waals surface area contributed by atoms with Gasteiger partial charge in [-0.3, -0.25) is 0 Å². The SMILES string of the molecule is Cc1noc(C)c1CNS(=O)(=O)c1ccc(CC#N)cc1. The Morgan fingerprint density at radius 3 is 2.48 bits per heavy atom. The molecule has 0 amide bonds. The van der Waals surface area contributed by atoms with Gasteiger partial charge < -0.3 is 4.52 Å². The second-order valence-electron chi connectivity index (χ2n) is 4.61. The molecule has 1 aromatic heterocycles. The standard InChI is InChI=1S/C14H15N3O3S/c1-10-14(11(2)20-17-10)9-16-21(18,19)13-5-3-12(4-6-13)7-8-15/h3-6,16H,7,9H2,1-2H3. The first-order chi connectivity index (χ1) is 9.94. The van der Waals surface area contributed by atoms with E-state index in [2.05, 4.69) is 9.88 Å². The molecule has 6 nitrogen and oxygen atoms in total. The lowest BCUT2D eigenvalue weighted by atomic mass is 10.2. The molecule has 0 fully saturated rings. The lowest BCUT2D eigenvalue weighted by Crippen LogP contribution is -2.23. The van der Waals surface area contributed by atoms with Crippen LogP contribution in [0.4, 0.5) is 0 Å². The number of aromatic nitrogens is 1. The maximum absolute atomic E-state index is 12.2. The normalized spacial score (nSPS) is 11.3. The summed E-state index contributed by atoms with van der Waals surface area (Å²) in [6, 6.07) is 8.26. The third-order valence-electron chi connectivity index (χ3n) is 3.14. The molecule has 0 aliphatic heterocycles. The van der Waals surface area contributed by atoms with Crippen molar-refractivity contribution in [3.05, 3.63) is 46.8 Å². The fraction of sp³-hybridized carbons (Fsp3) is 0.286. The molecule has 1 aromatic carbocycles.